The van der Waals surface area contributed by atoms with E-state index in [-0.39, 0.29) is 0 Å². The van der Waals surface area contributed by atoms with Gasteiger partial charge in [0.15, 0.2) is 5.75 Å². The lowest BCUT2D eigenvalue weighted by Crippen LogP contribution is -1.84. The summed E-state index contributed by atoms with van der Waals surface area (Å²) >= 11 is 0. The van der Waals surface area contributed by atoms with E-state index in [1.807, 2.05) is 0 Å². The molecule has 0 amide bonds. The number of hydrogen-bond donors (Lipinski definition) is 0. The molecule has 0 unspecified atom stereocenters. The van der Waals surface area contributed by atoms with E-state index in [0.717, 1.165) is 5.56 Å². The molecule has 1 rings (SSSR count). The number of nitriles is 1. The van der Waals surface area contributed by atoms with Crippen molar-refractivity contribution in [2.75, 3.05) is 0 Å². The normalized spacial score (nSPS) is 7.67. The van der Waals surface area contributed by atoms with Gasteiger partial charge in [-0.1, -0.05) is 5.92 Å². The molecule has 0 aliphatic rings. The van der Waals surface area contributed by atoms with Gasteiger partial charge in [-0.05, 0) is 6.92 Å². The fourth-order valence-corrected chi connectivity index (χ4v) is 0.740. The molecule has 0 radical (unpaired) electrons. The second-order valence-electron chi connectivity index (χ2n) is 1.98. The lowest BCUT2D eigenvalue weighted by Gasteiger charge is -1.93. The zero-order valence-electron chi connectivity index (χ0n) is 6.53. The number of aromatic nitrogens is 1. The van der Waals surface area contributed by atoms with Crippen LogP contribution in [0, 0.1) is 23.4 Å². The summed E-state index contributed by atoms with van der Waals surface area (Å²) in [6, 6.07) is 1.66. The molecule has 0 saturated heterocycles. The van der Waals surface area contributed by atoms with Gasteiger partial charge < -0.3 is 4.74 Å². The molecule has 58 valence electrons. The maximum atomic E-state index is 8.20. The molecular weight excluding hydrogens is 152 g/mol. The van der Waals surface area contributed by atoms with Gasteiger partial charge in [0.2, 0.25) is 0 Å². The summed E-state index contributed by atoms with van der Waals surface area (Å²) in [5, 5.41) is 8.20. The van der Waals surface area contributed by atoms with Crippen LogP contribution in [-0.4, -0.2) is 4.98 Å². The van der Waals surface area contributed by atoms with E-state index in [2.05, 4.69) is 21.6 Å². The smallest absolute Gasteiger partial charge is 0.292 e. The van der Waals surface area contributed by atoms with Crippen LogP contribution in [0.1, 0.15) is 12.5 Å². The van der Waals surface area contributed by atoms with E-state index < -0.39 is 0 Å². The van der Waals surface area contributed by atoms with Gasteiger partial charge in [-0.2, -0.15) is 0 Å². The van der Waals surface area contributed by atoms with Crippen LogP contribution in [0.2, 0.25) is 0 Å². The molecule has 0 N–H and O–H groups in total. The minimum Gasteiger partial charge on any atom is -0.386 e. The van der Waals surface area contributed by atoms with Gasteiger partial charge in [-0.15, -0.1) is 11.2 Å². The van der Waals surface area contributed by atoms with Crippen molar-refractivity contribution < 1.29 is 4.74 Å². The van der Waals surface area contributed by atoms with Gasteiger partial charge in [0.25, 0.3) is 6.26 Å². The maximum Gasteiger partial charge on any atom is 0.292 e. The standard InChI is InChI=1S/C9H6N2O/c1-2-3-8-4-9(12-7-10)6-11-5-8/h4-6H,1H3. The molecule has 0 atom stereocenters. The Kier molecular flexibility index (Phi) is 2.70. The molecule has 0 bridgehead atoms. The van der Waals surface area contributed by atoms with Crippen molar-refractivity contribution in [1.29, 1.82) is 5.26 Å². The van der Waals surface area contributed by atoms with Crippen molar-refractivity contribution in [2.24, 2.45) is 0 Å². The first-order valence-electron chi connectivity index (χ1n) is 3.30. The highest BCUT2D eigenvalue weighted by atomic mass is 16.5. The van der Waals surface area contributed by atoms with Crippen molar-refractivity contribution >= 4 is 0 Å². The van der Waals surface area contributed by atoms with Crippen LogP contribution in [0.3, 0.4) is 0 Å². The van der Waals surface area contributed by atoms with Gasteiger partial charge in [-0.25, -0.2) is 0 Å². The van der Waals surface area contributed by atoms with Gasteiger partial charge >= 0.3 is 0 Å². The molecule has 0 aromatic carbocycles. The Balaban J connectivity index is 2.94. The molecule has 0 saturated carbocycles. The van der Waals surface area contributed by atoms with E-state index in [4.69, 9.17) is 5.26 Å². The highest BCUT2D eigenvalue weighted by Gasteiger charge is 1.93. The number of rotatable bonds is 1. The highest BCUT2D eigenvalue weighted by Crippen LogP contribution is 2.09. The van der Waals surface area contributed by atoms with Gasteiger partial charge in [-0.3, -0.25) is 4.98 Å². The summed E-state index contributed by atoms with van der Waals surface area (Å²) < 4.78 is 4.57. The summed E-state index contributed by atoms with van der Waals surface area (Å²) in [6.07, 6.45) is 4.64. The minimum atomic E-state index is 0.415. The van der Waals surface area contributed by atoms with Crippen LogP contribution in [0.25, 0.3) is 0 Å². The zero-order valence-corrected chi connectivity index (χ0v) is 6.53. The lowest BCUT2D eigenvalue weighted by atomic mass is 10.3. The van der Waals surface area contributed by atoms with Crippen molar-refractivity contribution in [2.45, 2.75) is 6.92 Å². The van der Waals surface area contributed by atoms with Crippen LogP contribution in [0.4, 0.5) is 0 Å². The molecular formula is C9H6N2O. The van der Waals surface area contributed by atoms with E-state index in [0.29, 0.717) is 5.75 Å². The van der Waals surface area contributed by atoms with E-state index in [9.17, 15) is 0 Å². The lowest BCUT2D eigenvalue weighted by molar-refractivity contribution is 0.504. The third-order valence-electron chi connectivity index (χ3n) is 1.15. The van der Waals surface area contributed by atoms with Crippen LogP contribution < -0.4 is 4.74 Å². The topological polar surface area (TPSA) is 45.9 Å². The third kappa shape index (κ3) is 2.00. The molecule has 3 nitrogen and oxygen atoms in total. The summed E-state index contributed by atoms with van der Waals surface area (Å²) in [5.41, 5.74) is 0.741. The van der Waals surface area contributed by atoms with Crippen molar-refractivity contribution in [3.05, 3.63) is 24.0 Å². The minimum absolute atomic E-state index is 0.415. The predicted molar refractivity (Wildman–Crippen MR) is 43.0 cm³/mol. The largest absolute Gasteiger partial charge is 0.386 e. The van der Waals surface area contributed by atoms with Crippen molar-refractivity contribution in [1.82, 2.24) is 4.98 Å². The van der Waals surface area contributed by atoms with Crippen LogP contribution in [0.5, 0.6) is 5.75 Å². The van der Waals surface area contributed by atoms with E-state index >= 15 is 0 Å². The van der Waals surface area contributed by atoms with Crippen LogP contribution in [0.15, 0.2) is 18.5 Å². The predicted octanol–water partition coefficient (Wildman–Crippen LogP) is 1.31. The van der Waals surface area contributed by atoms with Crippen LogP contribution in [-0.2, 0) is 0 Å². The average Bonchev–Trinajstić information content (AvgIpc) is 2.06. The molecule has 1 aromatic rings. The first kappa shape index (κ1) is 8.10. The summed E-state index contributed by atoms with van der Waals surface area (Å²) in [5.74, 6) is 5.94. The number of nitrogens with zero attached hydrogens (tertiary/aromatic N) is 2. The number of pyridine rings is 1. The van der Waals surface area contributed by atoms with Crippen molar-refractivity contribution in [3.63, 3.8) is 0 Å². The van der Waals surface area contributed by atoms with Crippen LogP contribution >= 0.6 is 0 Å². The monoisotopic (exact) mass is 158 g/mol. The van der Waals surface area contributed by atoms with E-state index in [1.165, 1.54) is 6.20 Å². The Morgan fingerprint density at radius 1 is 1.50 bits per heavy atom. The maximum absolute atomic E-state index is 8.20. The Labute approximate surface area is 70.6 Å². The third-order valence-corrected chi connectivity index (χ3v) is 1.15. The number of ether oxygens (including phenoxy) is 1. The Morgan fingerprint density at radius 2 is 2.33 bits per heavy atom. The molecule has 1 heterocycles. The average molecular weight is 158 g/mol. The molecule has 0 aliphatic heterocycles. The highest BCUT2D eigenvalue weighted by molar-refractivity contribution is 5.36. The SMILES string of the molecule is CC#Cc1cncc(OC#N)c1. The summed E-state index contributed by atoms with van der Waals surface area (Å²) in [4.78, 5) is 3.84. The molecule has 0 aliphatic carbocycles. The van der Waals surface area contributed by atoms with Crippen molar-refractivity contribution in [3.8, 4) is 23.8 Å². The van der Waals surface area contributed by atoms with Gasteiger partial charge in [0.1, 0.15) is 0 Å². The molecule has 0 fully saturated rings. The fraction of sp³-hybridized carbons (Fsp3) is 0.111. The van der Waals surface area contributed by atoms with Gasteiger partial charge in [0.05, 0.1) is 6.20 Å². The Morgan fingerprint density at radius 3 is 3.00 bits per heavy atom. The summed E-state index contributed by atoms with van der Waals surface area (Å²) in [7, 11) is 0. The first-order valence-corrected chi connectivity index (χ1v) is 3.30. The molecule has 12 heavy (non-hydrogen) atoms. The second kappa shape index (κ2) is 4.00. The molecule has 1 aromatic heterocycles. The second-order valence-corrected chi connectivity index (χ2v) is 1.98. The first-order chi connectivity index (χ1) is 5.86. The van der Waals surface area contributed by atoms with Gasteiger partial charge in [0, 0.05) is 17.8 Å². The Hall–Kier alpha value is -2.00. The zero-order chi connectivity index (χ0) is 8.81. The molecule has 3 heteroatoms. The Bertz CT molecular complexity index is 368. The molecule has 0 spiro atoms. The quantitative estimate of drug-likeness (QED) is 0.457. The van der Waals surface area contributed by atoms with E-state index in [1.54, 1.807) is 25.4 Å². The summed E-state index contributed by atoms with van der Waals surface area (Å²) in [6.45, 7) is 1.73. The number of hydrogen-bond acceptors (Lipinski definition) is 3. The fourth-order valence-electron chi connectivity index (χ4n) is 0.740.